The molecule has 8 nitrogen and oxygen atoms in total. The van der Waals surface area contributed by atoms with Gasteiger partial charge in [0.25, 0.3) is 5.91 Å². The van der Waals surface area contributed by atoms with Crippen molar-refractivity contribution in [3.63, 3.8) is 0 Å². The summed E-state index contributed by atoms with van der Waals surface area (Å²) in [7, 11) is 2.96. The lowest BCUT2D eigenvalue weighted by atomic mass is 10.1. The summed E-state index contributed by atoms with van der Waals surface area (Å²) in [6, 6.07) is 7.45. The van der Waals surface area contributed by atoms with Gasteiger partial charge in [-0.3, -0.25) is 9.48 Å². The Labute approximate surface area is 138 Å². The van der Waals surface area contributed by atoms with Gasteiger partial charge in [-0.15, -0.1) is 0 Å². The predicted molar refractivity (Wildman–Crippen MR) is 84.6 cm³/mol. The number of hydrogen-bond donors (Lipinski definition) is 1. The van der Waals surface area contributed by atoms with Crippen LogP contribution in [0.4, 0.5) is 5.82 Å². The van der Waals surface area contributed by atoms with Crippen LogP contribution in [0, 0.1) is 6.92 Å². The molecule has 24 heavy (non-hydrogen) atoms. The van der Waals surface area contributed by atoms with Gasteiger partial charge in [0, 0.05) is 13.1 Å². The number of rotatable bonds is 5. The molecule has 1 heterocycles. The van der Waals surface area contributed by atoms with E-state index in [-0.39, 0.29) is 5.56 Å². The first-order chi connectivity index (χ1) is 11.4. The van der Waals surface area contributed by atoms with Gasteiger partial charge in [0.05, 0.1) is 23.9 Å². The average molecular weight is 331 g/mol. The van der Waals surface area contributed by atoms with Crippen molar-refractivity contribution in [3.8, 4) is 0 Å². The van der Waals surface area contributed by atoms with Crippen molar-refractivity contribution < 1.29 is 23.9 Å². The summed E-state index contributed by atoms with van der Waals surface area (Å²) in [6.45, 7) is 1.37. The summed E-state index contributed by atoms with van der Waals surface area (Å²) >= 11 is 0. The van der Waals surface area contributed by atoms with Crippen LogP contribution in [-0.4, -0.2) is 41.3 Å². The number of amides is 1. The third-order valence-electron chi connectivity index (χ3n) is 3.15. The zero-order chi connectivity index (χ0) is 17.7. The van der Waals surface area contributed by atoms with Gasteiger partial charge < -0.3 is 14.8 Å². The van der Waals surface area contributed by atoms with Gasteiger partial charge in [0.15, 0.2) is 6.61 Å². The van der Waals surface area contributed by atoms with Gasteiger partial charge in [-0.25, -0.2) is 9.59 Å². The molecule has 0 atom stereocenters. The van der Waals surface area contributed by atoms with E-state index in [1.807, 2.05) is 0 Å². The van der Waals surface area contributed by atoms with Crippen LogP contribution in [0.1, 0.15) is 26.4 Å². The molecular formula is C16H17N3O5. The normalized spacial score (nSPS) is 10.1. The number of carbonyl (C=O) groups is 3. The van der Waals surface area contributed by atoms with E-state index in [0.29, 0.717) is 11.4 Å². The number of anilines is 1. The first-order valence-electron chi connectivity index (χ1n) is 7.06. The second-order valence-corrected chi connectivity index (χ2v) is 4.99. The molecule has 0 aliphatic heterocycles. The molecule has 1 N–H and O–H groups in total. The SMILES string of the molecule is COC(=O)c1ccc(C(=O)OCC(=O)Nc2cc(C)nn2C)cc1. The minimum Gasteiger partial charge on any atom is -0.465 e. The lowest BCUT2D eigenvalue weighted by Gasteiger charge is -2.07. The monoisotopic (exact) mass is 331 g/mol. The molecule has 0 saturated heterocycles. The Balaban J connectivity index is 1.89. The summed E-state index contributed by atoms with van der Waals surface area (Å²) < 4.78 is 11.0. The fourth-order valence-corrected chi connectivity index (χ4v) is 1.98. The van der Waals surface area contributed by atoms with E-state index in [2.05, 4.69) is 15.2 Å². The van der Waals surface area contributed by atoms with E-state index in [0.717, 1.165) is 5.69 Å². The maximum absolute atomic E-state index is 11.9. The topological polar surface area (TPSA) is 99.5 Å². The Kier molecular flexibility index (Phi) is 5.31. The standard InChI is InChI=1S/C16H17N3O5/c1-10-8-13(19(2)18-10)17-14(20)9-24-16(22)12-6-4-11(5-7-12)15(21)23-3/h4-8H,9H2,1-3H3,(H,17,20). The molecule has 1 aromatic heterocycles. The Morgan fingerprint density at radius 1 is 1.12 bits per heavy atom. The van der Waals surface area contributed by atoms with E-state index in [1.54, 1.807) is 20.0 Å². The van der Waals surface area contributed by atoms with Gasteiger partial charge in [0.1, 0.15) is 5.82 Å². The van der Waals surface area contributed by atoms with Crippen LogP contribution in [-0.2, 0) is 21.3 Å². The quantitative estimate of drug-likeness (QED) is 0.829. The van der Waals surface area contributed by atoms with Crippen LogP contribution in [0.5, 0.6) is 0 Å². The largest absolute Gasteiger partial charge is 0.465 e. The third-order valence-corrected chi connectivity index (χ3v) is 3.15. The second-order valence-electron chi connectivity index (χ2n) is 4.99. The van der Waals surface area contributed by atoms with E-state index < -0.39 is 24.5 Å². The highest BCUT2D eigenvalue weighted by Gasteiger charge is 2.13. The molecule has 2 rings (SSSR count). The zero-order valence-electron chi connectivity index (χ0n) is 13.5. The third kappa shape index (κ3) is 4.19. The van der Waals surface area contributed by atoms with Gasteiger partial charge in [-0.1, -0.05) is 0 Å². The molecule has 1 aromatic carbocycles. The van der Waals surface area contributed by atoms with E-state index >= 15 is 0 Å². The Morgan fingerprint density at radius 2 is 1.71 bits per heavy atom. The molecule has 0 radical (unpaired) electrons. The lowest BCUT2D eigenvalue weighted by molar-refractivity contribution is -0.119. The number of esters is 2. The van der Waals surface area contributed by atoms with Crippen molar-refractivity contribution in [3.05, 3.63) is 47.2 Å². The highest BCUT2D eigenvalue weighted by atomic mass is 16.5. The summed E-state index contributed by atoms with van der Waals surface area (Å²) in [6.07, 6.45) is 0. The molecule has 126 valence electrons. The molecule has 0 saturated carbocycles. The fraction of sp³-hybridized carbons (Fsp3) is 0.250. The number of benzene rings is 1. The van der Waals surface area contributed by atoms with E-state index in [1.165, 1.54) is 36.1 Å². The first-order valence-corrected chi connectivity index (χ1v) is 7.06. The number of methoxy groups -OCH3 is 1. The van der Waals surface area contributed by atoms with Crippen LogP contribution < -0.4 is 5.32 Å². The molecule has 2 aromatic rings. The molecular weight excluding hydrogens is 314 g/mol. The minimum absolute atomic E-state index is 0.229. The summed E-state index contributed by atoms with van der Waals surface area (Å²) in [5.41, 5.74) is 1.31. The number of aryl methyl sites for hydroxylation is 2. The molecule has 0 aliphatic carbocycles. The summed E-state index contributed by atoms with van der Waals surface area (Å²) in [5, 5.41) is 6.69. The van der Waals surface area contributed by atoms with Crippen molar-refractivity contribution in [2.45, 2.75) is 6.92 Å². The lowest BCUT2D eigenvalue weighted by Crippen LogP contribution is -2.22. The van der Waals surface area contributed by atoms with Crippen LogP contribution in [0.25, 0.3) is 0 Å². The molecule has 0 spiro atoms. The van der Waals surface area contributed by atoms with Gasteiger partial charge >= 0.3 is 11.9 Å². The maximum atomic E-state index is 11.9. The number of nitrogens with one attached hydrogen (secondary N) is 1. The van der Waals surface area contributed by atoms with Gasteiger partial charge in [-0.05, 0) is 31.2 Å². The van der Waals surface area contributed by atoms with Crippen molar-refractivity contribution in [1.82, 2.24) is 9.78 Å². The minimum atomic E-state index is -0.664. The Bertz CT molecular complexity index is 765. The number of nitrogens with zero attached hydrogens (tertiary/aromatic N) is 2. The molecule has 0 aliphatic rings. The first kappa shape index (κ1) is 17.2. The Hall–Kier alpha value is -3.16. The molecule has 0 bridgehead atoms. The van der Waals surface area contributed by atoms with Crippen molar-refractivity contribution in [1.29, 1.82) is 0 Å². The van der Waals surface area contributed by atoms with E-state index in [4.69, 9.17) is 4.74 Å². The molecule has 1 amide bonds. The highest BCUT2D eigenvalue weighted by Crippen LogP contribution is 2.09. The smallest absolute Gasteiger partial charge is 0.338 e. The van der Waals surface area contributed by atoms with Crippen molar-refractivity contribution >= 4 is 23.7 Å². The average Bonchev–Trinajstić information content (AvgIpc) is 2.89. The molecule has 0 unspecified atom stereocenters. The number of carbonyl (C=O) groups excluding carboxylic acids is 3. The molecule has 8 heteroatoms. The van der Waals surface area contributed by atoms with Crippen molar-refractivity contribution in [2.24, 2.45) is 7.05 Å². The van der Waals surface area contributed by atoms with Gasteiger partial charge in [0.2, 0.25) is 0 Å². The van der Waals surface area contributed by atoms with Crippen LogP contribution in [0.3, 0.4) is 0 Å². The Morgan fingerprint density at radius 3 is 2.21 bits per heavy atom. The van der Waals surface area contributed by atoms with Gasteiger partial charge in [-0.2, -0.15) is 5.10 Å². The van der Waals surface area contributed by atoms with Crippen LogP contribution >= 0.6 is 0 Å². The maximum Gasteiger partial charge on any atom is 0.338 e. The van der Waals surface area contributed by atoms with E-state index in [9.17, 15) is 14.4 Å². The zero-order valence-corrected chi connectivity index (χ0v) is 13.5. The molecule has 0 fully saturated rings. The second kappa shape index (κ2) is 7.40. The fourth-order valence-electron chi connectivity index (χ4n) is 1.98. The number of hydrogen-bond acceptors (Lipinski definition) is 6. The highest BCUT2D eigenvalue weighted by molar-refractivity contribution is 5.96. The summed E-state index contributed by atoms with van der Waals surface area (Å²) in [5.74, 6) is -1.13. The summed E-state index contributed by atoms with van der Waals surface area (Å²) in [4.78, 5) is 35.0. The van der Waals surface area contributed by atoms with Crippen LogP contribution in [0.15, 0.2) is 30.3 Å². The predicted octanol–water partition coefficient (Wildman–Crippen LogP) is 1.31. The number of ether oxygens (including phenoxy) is 2. The van der Waals surface area contributed by atoms with Crippen LogP contribution in [0.2, 0.25) is 0 Å². The van der Waals surface area contributed by atoms with Crippen molar-refractivity contribution in [2.75, 3.05) is 19.0 Å². The number of aromatic nitrogens is 2.